The number of benzene rings is 2. The maximum Gasteiger partial charge on any atom is 0.254 e. The minimum absolute atomic E-state index is 0.138. The van der Waals surface area contributed by atoms with Crippen molar-refractivity contribution in [3.05, 3.63) is 63.7 Å². The summed E-state index contributed by atoms with van der Waals surface area (Å²) in [6, 6.07) is 11.9. The summed E-state index contributed by atoms with van der Waals surface area (Å²) >= 11 is 6.14. The van der Waals surface area contributed by atoms with Crippen LogP contribution in [0.1, 0.15) is 27.0 Å². The fourth-order valence-corrected chi connectivity index (χ4v) is 3.39. The number of nitrogens with zero attached hydrogens (tertiary/aromatic N) is 2. The topological polar surface area (TPSA) is 23.6 Å². The maximum absolute atomic E-state index is 12.8. The van der Waals surface area contributed by atoms with Gasteiger partial charge in [-0.3, -0.25) is 4.79 Å². The van der Waals surface area contributed by atoms with Crippen LogP contribution >= 0.6 is 11.6 Å². The molecular formula is C20H23ClN2O. The van der Waals surface area contributed by atoms with E-state index in [9.17, 15) is 4.79 Å². The number of carbonyl (C=O) groups is 1. The molecule has 1 aliphatic rings. The van der Waals surface area contributed by atoms with Crippen LogP contribution in [0.25, 0.3) is 0 Å². The fraction of sp³-hybridized carbons (Fsp3) is 0.350. The Labute approximate surface area is 148 Å². The second-order valence-corrected chi connectivity index (χ2v) is 6.89. The fourth-order valence-electron chi connectivity index (χ4n) is 3.23. The molecule has 1 saturated heterocycles. The number of hydrogen-bond acceptors (Lipinski definition) is 2. The minimum Gasteiger partial charge on any atom is -0.368 e. The Morgan fingerprint density at radius 3 is 2.38 bits per heavy atom. The molecule has 0 unspecified atom stereocenters. The summed E-state index contributed by atoms with van der Waals surface area (Å²) in [6.45, 7) is 9.30. The van der Waals surface area contributed by atoms with Gasteiger partial charge in [0.2, 0.25) is 0 Å². The summed E-state index contributed by atoms with van der Waals surface area (Å²) in [7, 11) is 0. The molecule has 0 saturated carbocycles. The van der Waals surface area contributed by atoms with E-state index in [1.54, 1.807) is 0 Å². The third-order valence-electron chi connectivity index (χ3n) is 4.91. The first-order valence-corrected chi connectivity index (χ1v) is 8.72. The van der Waals surface area contributed by atoms with Crippen molar-refractivity contribution in [3.63, 3.8) is 0 Å². The van der Waals surface area contributed by atoms with E-state index >= 15 is 0 Å². The quantitative estimate of drug-likeness (QED) is 0.815. The number of amides is 1. The maximum atomic E-state index is 12.8. The van der Waals surface area contributed by atoms with Crippen molar-refractivity contribution in [2.24, 2.45) is 0 Å². The van der Waals surface area contributed by atoms with E-state index in [1.165, 1.54) is 11.3 Å². The molecule has 0 N–H and O–H groups in total. The molecule has 24 heavy (non-hydrogen) atoms. The third-order valence-corrected chi connectivity index (χ3v) is 5.15. The van der Waals surface area contributed by atoms with Gasteiger partial charge in [-0.1, -0.05) is 29.8 Å². The second kappa shape index (κ2) is 6.86. The van der Waals surface area contributed by atoms with Gasteiger partial charge in [-0.2, -0.15) is 0 Å². The molecule has 0 spiro atoms. The SMILES string of the molecule is Cc1ccc(Cl)cc1N1CCN(C(=O)c2cccc(C)c2C)CC1. The number of piperazine rings is 1. The van der Waals surface area contributed by atoms with Crippen LogP contribution in [0.3, 0.4) is 0 Å². The van der Waals surface area contributed by atoms with Gasteiger partial charge in [0.25, 0.3) is 5.91 Å². The average molecular weight is 343 g/mol. The smallest absolute Gasteiger partial charge is 0.254 e. The summed E-state index contributed by atoms with van der Waals surface area (Å²) in [5.74, 6) is 0.138. The van der Waals surface area contributed by atoms with Crippen LogP contribution in [0.2, 0.25) is 5.02 Å². The summed E-state index contributed by atoms with van der Waals surface area (Å²) in [4.78, 5) is 17.1. The Bertz CT molecular complexity index is 764. The average Bonchev–Trinajstić information content (AvgIpc) is 2.59. The van der Waals surface area contributed by atoms with E-state index in [-0.39, 0.29) is 5.91 Å². The third kappa shape index (κ3) is 3.27. The van der Waals surface area contributed by atoms with Crippen molar-refractivity contribution in [1.29, 1.82) is 0 Å². The van der Waals surface area contributed by atoms with Gasteiger partial charge in [-0.05, 0) is 55.7 Å². The molecule has 1 fully saturated rings. The zero-order valence-corrected chi connectivity index (χ0v) is 15.2. The highest BCUT2D eigenvalue weighted by Crippen LogP contribution is 2.26. The minimum atomic E-state index is 0.138. The molecule has 0 aliphatic carbocycles. The molecule has 0 radical (unpaired) electrons. The van der Waals surface area contributed by atoms with Gasteiger partial charge in [-0.15, -0.1) is 0 Å². The molecule has 126 valence electrons. The van der Waals surface area contributed by atoms with Gasteiger partial charge in [0.05, 0.1) is 0 Å². The summed E-state index contributed by atoms with van der Waals surface area (Å²) in [5.41, 5.74) is 5.45. The molecular weight excluding hydrogens is 320 g/mol. The largest absolute Gasteiger partial charge is 0.368 e. The molecule has 1 heterocycles. The lowest BCUT2D eigenvalue weighted by Crippen LogP contribution is -2.49. The first kappa shape index (κ1) is 16.8. The van der Waals surface area contributed by atoms with Crippen LogP contribution in [-0.4, -0.2) is 37.0 Å². The number of carbonyl (C=O) groups excluding carboxylic acids is 1. The number of anilines is 1. The van der Waals surface area contributed by atoms with Crippen LogP contribution in [0.15, 0.2) is 36.4 Å². The van der Waals surface area contributed by atoms with Crippen LogP contribution in [0.5, 0.6) is 0 Å². The number of halogens is 1. The van der Waals surface area contributed by atoms with Crippen LogP contribution < -0.4 is 4.90 Å². The summed E-state index contributed by atoms with van der Waals surface area (Å²) in [6.07, 6.45) is 0. The van der Waals surface area contributed by atoms with Gasteiger partial charge >= 0.3 is 0 Å². The normalized spacial score (nSPS) is 14.8. The lowest BCUT2D eigenvalue weighted by atomic mass is 10.0. The van der Waals surface area contributed by atoms with E-state index in [1.807, 2.05) is 55.1 Å². The van der Waals surface area contributed by atoms with Gasteiger partial charge in [0.1, 0.15) is 0 Å². The number of hydrogen-bond donors (Lipinski definition) is 0. The molecule has 0 bridgehead atoms. The van der Waals surface area contributed by atoms with E-state index in [2.05, 4.69) is 11.8 Å². The molecule has 1 aliphatic heterocycles. The van der Waals surface area contributed by atoms with E-state index in [0.717, 1.165) is 47.9 Å². The van der Waals surface area contributed by atoms with E-state index in [0.29, 0.717) is 0 Å². The predicted octanol–water partition coefficient (Wildman–Crippen LogP) is 4.23. The van der Waals surface area contributed by atoms with Crippen molar-refractivity contribution in [3.8, 4) is 0 Å². The summed E-state index contributed by atoms with van der Waals surface area (Å²) in [5, 5.41) is 0.754. The van der Waals surface area contributed by atoms with Crippen molar-refractivity contribution >= 4 is 23.2 Å². The molecule has 2 aromatic carbocycles. The van der Waals surface area contributed by atoms with Gasteiger partial charge in [0.15, 0.2) is 0 Å². The zero-order chi connectivity index (χ0) is 17.3. The van der Waals surface area contributed by atoms with Crippen LogP contribution in [0, 0.1) is 20.8 Å². The van der Waals surface area contributed by atoms with Crippen molar-refractivity contribution in [1.82, 2.24) is 4.90 Å². The van der Waals surface area contributed by atoms with E-state index in [4.69, 9.17) is 11.6 Å². The number of aryl methyl sites for hydroxylation is 2. The molecule has 0 aromatic heterocycles. The molecule has 3 rings (SSSR count). The first-order chi connectivity index (χ1) is 11.5. The van der Waals surface area contributed by atoms with Gasteiger partial charge in [-0.25, -0.2) is 0 Å². The monoisotopic (exact) mass is 342 g/mol. The lowest BCUT2D eigenvalue weighted by molar-refractivity contribution is 0.0746. The highest BCUT2D eigenvalue weighted by atomic mass is 35.5. The van der Waals surface area contributed by atoms with Crippen molar-refractivity contribution < 1.29 is 4.79 Å². The molecule has 1 amide bonds. The highest BCUT2D eigenvalue weighted by Gasteiger charge is 2.24. The first-order valence-electron chi connectivity index (χ1n) is 8.34. The summed E-state index contributed by atoms with van der Waals surface area (Å²) < 4.78 is 0. The number of rotatable bonds is 2. The standard InChI is InChI=1S/C20H23ClN2O/c1-14-5-4-6-18(16(14)3)20(24)23-11-9-22(10-12-23)19-13-17(21)8-7-15(19)2/h4-8,13H,9-12H2,1-3H3. The predicted molar refractivity (Wildman–Crippen MR) is 100 cm³/mol. The Balaban J connectivity index is 1.72. The Hall–Kier alpha value is -2.00. The van der Waals surface area contributed by atoms with Gasteiger partial charge < -0.3 is 9.80 Å². The molecule has 4 heteroatoms. The van der Waals surface area contributed by atoms with Crippen LogP contribution in [0.4, 0.5) is 5.69 Å². The molecule has 0 atom stereocenters. The Kier molecular flexibility index (Phi) is 4.81. The van der Waals surface area contributed by atoms with Crippen molar-refractivity contribution in [2.45, 2.75) is 20.8 Å². The highest BCUT2D eigenvalue weighted by molar-refractivity contribution is 6.30. The Morgan fingerprint density at radius 1 is 0.958 bits per heavy atom. The van der Waals surface area contributed by atoms with Gasteiger partial charge in [0, 0.05) is 42.5 Å². The van der Waals surface area contributed by atoms with Crippen LogP contribution in [-0.2, 0) is 0 Å². The van der Waals surface area contributed by atoms with E-state index < -0.39 is 0 Å². The lowest BCUT2D eigenvalue weighted by Gasteiger charge is -2.37. The second-order valence-electron chi connectivity index (χ2n) is 6.46. The van der Waals surface area contributed by atoms with Crippen molar-refractivity contribution in [2.75, 3.05) is 31.1 Å². The molecule has 3 nitrogen and oxygen atoms in total. The molecule has 2 aromatic rings. The Morgan fingerprint density at radius 2 is 1.67 bits per heavy atom. The zero-order valence-electron chi connectivity index (χ0n) is 14.5.